The van der Waals surface area contributed by atoms with E-state index in [1.165, 1.54) is 6.20 Å². The molecule has 1 fully saturated rings. The van der Waals surface area contributed by atoms with Crippen LogP contribution in [-0.4, -0.2) is 37.8 Å². The molecule has 1 aliphatic rings. The number of anilines is 1. The highest BCUT2D eigenvalue weighted by Crippen LogP contribution is 2.25. The predicted molar refractivity (Wildman–Crippen MR) is 75.6 cm³/mol. The fourth-order valence-corrected chi connectivity index (χ4v) is 3.91. The van der Waals surface area contributed by atoms with Gasteiger partial charge in [0.1, 0.15) is 10.7 Å². The Morgan fingerprint density at radius 2 is 2.26 bits per heavy atom. The topological polar surface area (TPSA) is 62.3 Å². The molecule has 0 bridgehead atoms. The van der Waals surface area contributed by atoms with Crippen LogP contribution in [0.5, 0.6) is 0 Å². The van der Waals surface area contributed by atoms with Crippen molar-refractivity contribution in [3.05, 3.63) is 18.3 Å². The maximum Gasteiger partial charge on any atom is 0.244 e. The van der Waals surface area contributed by atoms with Gasteiger partial charge in [-0.1, -0.05) is 13.3 Å². The van der Waals surface area contributed by atoms with Gasteiger partial charge in [0.05, 0.1) is 0 Å². The van der Waals surface area contributed by atoms with Crippen molar-refractivity contribution in [1.29, 1.82) is 0 Å². The Hall–Kier alpha value is -1.14. The molecule has 1 N–H and O–H groups in total. The molecule has 1 unspecified atom stereocenters. The van der Waals surface area contributed by atoms with Gasteiger partial charge in [-0.05, 0) is 30.9 Å². The van der Waals surface area contributed by atoms with E-state index in [0.29, 0.717) is 24.8 Å². The highest BCUT2D eigenvalue weighted by molar-refractivity contribution is 7.89. The maximum absolute atomic E-state index is 12.5. The van der Waals surface area contributed by atoms with Gasteiger partial charge < -0.3 is 5.32 Å². The van der Waals surface area contributed by atoms with E-state index >= 15 is 0 Å². The molecule has 1 atom stereocenters. The van der Waals surface area contributed by atoms with Gasteiger partial charge in [0, 0.05) is 26.3 Å². The third-order valence-corrected chi connectivity index (χ3v) is 5.54. The first kappa shape index (κ1) is 14.3. The lowest BCUT2D eigenvalue weighted by atomic mass is 9.97. The van der Waals surface area contributed by atoms with Gasteiger partial charge in [0.25, 0.3) is 0 Å². The smallest absolute Gasteiger partial charge is 0.244 e. The second-order valence-corrected chi connectivity index (χ2v) is 6.85. The molecule has 0 amide bonds. The van der Waals surface area contributed by atoms with Crippen molar-refractivity contribution in [1.82, 2.24) is 9.29 Å². The molecule has 1 aromatic rings. The van der Waals surface area contributed by atoms with Crippen molar-refractivity contribution in [2.75, 3.05) is 25.5 Å². The van der Waals surface area contributed by atoms with Crippen LogP contribution in [0.1, 0.15) is 26.2 Å². The number of pyridine rings is 1. The number of rotatable bonds is 4. The molecule has 0 saturated carbocycles. The van der Waals surface area contributed by atoms with Gasteiger partial charge in [-0.25, -0.2) is 13.4 Å². The van der Waals surface area contributed by atoms with Crippen molar-refractivity contribution < 1.29 is 8.42 Å². The number of nitrogens with one attached hydrogen (secondary N) is 1. The molecular weight excluding hydrogens is 262 g/mol. The van der Waals surface area contributed by atoms with E-state index < -0.39 is 10.0 Å². The fourth-order valence-electron chi connectivity index (χ4n) is 2.41. The lowest BCUT2D eigenvalue weighted by Crippen LogP contribution is -2.39. The Balaban J connectivity index is 2.20. The number of aromatic nitrogens is 1. The molecule has 106 valence electrons. The Kier molecular flexibility index (Phi) is 4.42. The summed E-state index contributed by atoms with van der Waals surface area (Å²) in [6.45, 7) is 3.36. The molecule has 0 radical (unpaired) electrons. The molecule has 1 aromatic heterocycles. The number of hydrogen-bond acceptors (Lipinski definition) is 4. The van der Waals surface area contributed by atoms with Crippen molar-refractivity contribution in [3.63, 3.8) is 0 Å². The van der Waals surface area contributed by atoms with Gasteiger partial charge in [-0.3, -0.25) is 0 Å². The highest BCUT2D eigenvalue weighted by atomic mass is 32.2. The van der Waals surface area contributed by atoms with Crippen LogP contribution in [0.3, 0.4) is 0 Å². The van der Waals surface area contributed by atoms with Gasteiger partial charge >= 0.3 is 0 Å². The summed E-state index contributed by atoms with van der Waals surface area (Å²) in [6.07, 6.45) is 4.53. The van der Waals surface area contributed by atoms with E-state index in [-0.39, 0.29) is 4.90 Å². The molecule has 5 nitrogen and oxygen atoms in total. The molecular formula is C13H21N3O2S. The number of sulfonamides is 1. The van der Waals surface area contributed by atoms with Gasteiger partial charge in [-0.15, -0.1) is 0 Å². The first-order valence-electron chi connectivity index (χ1n) is 6.72. The average molecular weight is 283 g/mol. The van der Waals surface area contributed by atoms with Crippen LogP contribution in [0, 0.1) is 5.92 Å². The van der Waals surface area contributed by atoms with Gasteiger partial charge in [-0.2, -0.15) is 4.31 Å². The second kappa shape index (κ2) is 5.88. The maximum atomic E-state index is 12.5. The number of nitrogens with zero attached hydrogens (tertiary/aromatic N) is 2. The van der Waals surface area contributed by atoms with Crippen molar-refractivity contribution >= 4 is 15.8 Å². The van der Waals surface area contributed by atoms with Crippen LogP contribution >= 0.6 is 0 Å². The predicted octanol–water partition coefficient (Wildman–Crippen LogP) is 1.93. The first-order chi connectivity index (χ1) is 9.07. The fraction of sp³-hybridized carbons (Fsp3) is 0.615. The highest BCUT2D eigenvalue weighted by Gasteiger charge is 2.29. The molecule has 1 aliphatic heterocycles. The zero-order chi connectivity index (χ0) is 13.9. The Morgan fingerprint density at radius 1 is 1.47 bits per heavy atom. The molecule has 2 rings (SSSR count). The minimum absolute atomic E-state index is 0.281. The third-order valence-electron chi connectivity index (χ3n) is 3.69. The molecule has 0 spiro atoms. The Bertz CT molecular complexity index is 513. The summed E-state index contributed by atoms with van der Waals surface area (Å²) in [5.41, 5.74) is 0. The molecule has 19 heavy (non-hydrogen) atoms. The normalized spacial score (nSPS) is 21.3. The minimum Gasteiger partial charge on any atom is -0.373 e. The molecule has 0 aromatic carbocycles. The lowest BCUT2D eigenvalue weighted by Gasteiger charge is -2.31. The summed E-state index contributed by atoms with van der Waals surface area (Å²) in [7, 11) is -1.63. The Morgan fingerprint density at radius 3 is 2.84 bits per heavy atom. The molecule has 1 saturated heterocycles. The van der Waals surface area contributed by atoms with Crippen LogP contribution < -0.4 is 5.32 Å². The third kappa shape index (κ3) is 3.06. The largest absolute Gasteiger partial charge is 0.373 e. The molecule has 0 aliphatic carbocycles. The van der Waals surface area contributed by atoms with E-state index in [2.05, 4.69) is 17.2 Å². The number of hydrogen-bond donors (Lipinski definition) is 1. The Labute approximate surface area is 115 Å². The zero-order valence-corrected chi connectivity index (χ0v) is 12.3. The lowest BCUT2D eigenvalue weighted by molar-refractivity contribution is 0.261. The SMILES string of the molecule is CCC1CCCN(S(=O)(=O)c2ccc(NC)nc2)C1. The summed E-state index contributed by atoms with van der Waals surface area (Å²) >= 11 is 0. The average Bonchev–Trinajstić information content (AvgIpc) is 2.47. The summed E-state index contributed by atoms with van der Waals surface area (Å²) in [5, 5.41) is 2.88. The minimum atomic E-state index is -3.39. The number of piperidine rings is 1. The van der Waals surface area contributed by atoms with E-state index in [0.717, 1.165) is 19.3 Å². The van der Waals surface area contributed by atoms with Gasteiger partial charge in [0.15, 0.2) is 0 Å². The summed E-state index contributed by atoms with van der Waals surface area (Å²) in [5.74, 6) is 1.15. The molecule has 6 heteroatoms. The van der Waals surface area contributed by atoms with E-state index in [1.807, 2.05) is 0 Å². The van der Waals surface area contributed by atoms with Crippen LogP contribution in [-0.2, 0) is 10.0 Å². The molecule has 2 heterocycles. The monoisotopic (exact) mass is 283 g/mol. The van der Waals surface area contributed by atoms with Crippen LogP contribution in [0.2, 0.25) is 0 Å². The standard InChI is InChI=1S/C13H21N3O2S/c1-3-11-5-4-8-16(10-11)19(17,18)12-6-7-13(14-2)15-9-12/h6-7,9,11H,3-5,8,10H2,1-2H3,(H,14,15). The first-order valence-corrected chi connectivity index (χ1v) is 8.16. The second-order valence-electron chi connectivity index (χ2n) is 4.91. The van der Waals surface area contributed by atoms with Crippen molar-refractivity contribution in [2.45, 2.75) is 31.1 Å². The van der Waals surface area contributed by atoms with E-state index in [1.54, 1.807) is 23.5 Å². The van der Waals surface area contributed by atoms with Gasteiger partial charge in [0.2, 0.25) is 10.0 Å². The van der Waals surface area contributed by atoms with Crippen LogP contribution in [0.4, 0.5) is 5.82 Å². The summed E-state index contributed by atoms with van der Waals surface area (Å²) < 4.78 is 26.6. The van der Waals surface area contributed by atoms with E-state index in [9.17, 15) is 8.42 Å². The van der Waals surface area contributed by atoms with Crippen molar-refractivity contribution in [3.8, 4) is 0 Å². The van der Waals surface area contributed by atoms with E-state index in [4.69, 9.17) is 0 Å². The van der Waals surface area contributed by atoms with Crippen LogP contribution in [0.15, 0.2) is 23.2 Å². The quantitative estimate of drug-likeness (QED) is 0.917. The van der Waals surface area contributed by atoms with Crippen molar-refractivity contribution in [2.24, 2.45) is 5.92 Å². The zero-order valence-electron chi connectivity index (χ0n) is 11.5. The summed E-state index contributed by atoms with van der Waals surface area (Å²) in [4.78, 5) is 4.36. The summed E-state index contributed by atoms with van der Waals surface area (Å²) in [6, 6.07) is 3.30. The van der Waals surface area contributed by atoms with Crippen LogP contribution in [0.25, 0.3) is 0 Å².